The molecular formula is C25H27N5O. The molecule has 1 aliphatic rings. The number of para-hydroxylation sites is 1. The molecule has 2 aromatic carbocycles. The molecule has 158 valence electrons. The number of anilines is 2. The van der Waals surface area contributed by atoms with Gasteiger partial charge in [-0.2, -0.15) is 0 Å². The lowest BCUT2D eigenvalue weighted by Gasteiger charge is -2.37. The Morgan fingerprint density at radius 1 is 0.774 bits per heavy atom. The van der Waals surface area contributed by atoms with Gasteiger partial charge in [-0.15, -0.1) is 0 Å². The first-order valence-electron chi connectivity index (χ1n) is 10.7. The van der Waals surface area contributed by atoms with Gasteiger partial charge in [0.2, 0.25) is 0 Å². The molecular weight excluding hydrogens is 386 g/mol. The maximum absolute atomic E-state index is 5.28. The first kappa shape index (κ1) is 19.4. The van der Waals surface area contributed by atoms with Gasteiger partial charge in [-0.25, -0.2) is 9.97 Å². The van der Waals surface area contributed by atoms with Gasteiger partial charge < -0.3 is 14.5 Å². The van der Waals surface area contributed by atoms with Crippen molar-refractivity contribution < 1.29 is 4.74 Å². The average molecular weight is 414 g/mol. The number of rotatable bonds is 4. The largest absolute Gasteiger partial charge is 0.497 e. The highest BCUT2D eigenvalue weighted by molar-refractivity contribution is 5.93. The van der Waals surface area contributed by atoms with Gasteiger partial charge >= 0.3 is 0 Å². The second-order valence-electron chi connectivity index (χ2n) is 7.95. The van der Waals surface area contributed by atoms with E-state index < -0.39 is 0 Å². The summed E-state index contributed by atoms with van der Waals surface area (Å²) in [6.07, 6.45) is 1.70. The minimum absolute atomic E-state index is 0.888. The van der Waals surface area contributed by atoms with Gasteiger partial charge in [-0.3, -0.25) is 4.57 Å². The van der Waals surface area contributed by atoms with Crippen molar-refractivity contribution in [2.24, 2.45) is 0 Å². The third kappa shape index (κ3) is 3.38. The molecule has 0 N–H and O–H groups in total. The number of aromatic nitrogens is 3. The van der Waals surface area contributed by atoms with Crippen LogP contribution in [0.25, 0.3) is 16.7 Å². The summed E-state index contributed by atoms with van der Waals surface area (Å²) in [6.45, 7) is 8.10. The smallest absolute Gasteiger partial charge is 0.150 e. The summed E-state index contributed by atoms with van der Waals surface area (Å²) >= 11 is 0. The van der Waals surface area contributed by atoms with E-state index in [2.05, 4.69) is 69.6 Å². The van der Waals surface area contributed by atoms with E-state index in [4.69, 9.17) is 9.72 Å². The molecule has 1 aliphatic heterocycles. The summed E-state index contributed by atoms with van der Waals surface area (Å²) in [7, 11) is 1.70. The predicted octanol–water partition coefficient (Wildman–Crippen LogP) is 4.37. The van der Waals surface area contributed by atoms with Crippen LogP contribution in [0.4, 0.5) is 11.5 Å². The molecule has 0 amide bonds. The molecule has 31 heavy (non-hydrogen) atoms. The van der Waals surface area contributed by atoms with Crippen molar-refractivity contribution >= 4 is 22.5 Å². The highest BCUT2D eigenvalue weighted by Crippen LogP contribution is 2.33. The Labute approximate surface area is 182 Å². The third-order valence-electron chi connectivity index (χ3n) is 6.30. The minimum atomic E-state index is 0.888. The number of nitrogens with zero attached hydrogens (tertiary/aromatic N) is 5. The van der Waals surface area contributed by atoms with E-state index in [1.54, 1.807) is 13.4 Å². The average Bonchev–Trinajstić information content (AvgIpc) is 3.10. The molecule has 0 atom stereocenters. The molecule has 0 spiro atoms. The number of ether oxygens (including phenoxy) is 1. The summed E-state index contributed by atoms with van der Waals surface area (Å²) in [4.78, 5) is 14.2. The maximum atomic E-state index is 5.28. The molecule has 0 radical (unpaired) electrons. The van der Waals surface area contributed by atoms with Crippen LogP contribution in [0.15, 0.2) is 60.9 Å². The number of hydrogen-bond donors (Lipinski definition) is 0. The van der Waals surface area contributed by atoms with Crippen molar-refractivity contribution in [2.45, 2.75) is 13.8 Å². The van der Waals surface area contributed by atoms with E-state index >= 15 is 0 Å². The van der Waals surface area contributed by atoms with E-state index in [1.165, 1.54) is 16.9 Å². The lowest BCUT2D eigenvalue weighted by Crippen LogP contribution is -2.46. The van der Waals surface area contributed by atoms with Crippen LogP contribution in [0.2, 0.25) is 0 Å². The highest BCUT2D eigenvalue weighted by atomic mass is 16.5. The van der Waals surface area contributed by atoms with Crippen molar-refractivity contribution in [3.8, 4) is 11.4 Å². The molecule has 5 rings (SSSR count). The lowest BCUT2D eigenvalue weighted by atomic mass is 10.2. The first-order chi connectivity index (χ1) is 15.2. The molecule has 6 heteroatoms. The van der Waals surface area contributed by atoms with Gasteiger partial charge in [0.1, 0.15) is 17.9 Å². The van der Waals surface area contributed by atoms with Gasteiger partial charge in [0.25, 0.3) is 0 Å². The fourth-order valence-corrected chi connectivity index (χ4v) is 4.48. The molecule has 0 aliphatic carbocycles. The molecule has 0 saturated carbocycles. The van der Waals surface area contributed by atoms with Crippen molar-refractivity contribution in [1.82, 2.24) is 14.5 Å². The molecule has 1 saturated heterocycles. The number of piperazine rings is 1. The normalized spacial score (nSPS) is 14.3. The standard InChI is InChI=1S/C25H27N5O/c1-18-19(2)30(21-7-5-4-6-8-21)25-23(18)24(26-17-27-25)29-15-13-28(14-16-29)20-9-11-22(31-3)12-10-20/h4-12,17H,13-16H2,1-3H3. The predicted molar refractivity (Wildman–Crippen MR) is 126 cm³/mol. The number of fused-ring (bicyclic) bond motifs is 1. The third-order valence-corrected chi connectivity index (χ3v) is 6.30. The summed E-state index contributed by atoms with van der Waals surface area (Å²) in [5.41, 5.74) is 5.79. The summed E-state index contributed by atoms with van der Waals surface area (Å²) < 4.78 is 7.52. The monoisotopic (exact) mass is 413 g/mol. The van der Waals surface area contributed by atoms with E-state index in [0.717, 1.165) is 54.5 Å². The summed E-state index contributed by atoms with van der Waals surface area (Å²) in [5.74, 6) is 1.93. The lowest BCUT2D eigenvalue weighted by molar-refractivity contribution is 0.415. The van der Waals surface area contributed by atoms with Crippen molar-refractivity contribution in [2.75, 3.05) is 43.1 Å². The Hall–Kier alpha value is -3.54. The van der Waals surface area contributed by atoms with Crippen molar-refractivity contribution in [3.05, 3.63) is 72.2 Å². The van der Waals surface area contributed by atoms with Crippen LogP contribution in [0.3, 0.4) is 0 Å². The fraction of sp³-hybridized carbons (Fsp3) is 0.280. The zero-order chi connectivity index (χ0) is 21.4. The Morgan fingerprint density at radius 2 is 1.45 bits per heavy atom. The topological polar surface area (TPSA) is 46.4 Å². The van der Waals surface area contributed by atoms with Crippen LogP contribution in [-0.2, 0) is 0 Å². The van der Waals surface area contributed by atoms with Gasteiger partial charge in [0.15, 0.2) is 5.65 Å². The van der Waals surface area contributed by atoms with Crippen LogP contribution in [0, 0.1) is 13.8 Å². The molecule has 4 aromatic rings. The van der Waals surface area contributed by atoms with Crippen LogP contribution in [-0.4, -0.2) is 47.8 Å². The Balaban J connectivity index is 1.45. The van der Waals surface area contributed by atoms with Crippen molar-refractivity contribution in [1.29, 1.82) is 0 Å². The number of aryl methyl sites for hydroxylation is 1. The van der Waals surface area contributed by atoms with E-state index in [0.29, 0.717) is 0 Å². The van der Waals surface area contributed by atoms with Gasteiger partial charge in [0.05, 0.1) is 12.5 Å². The molecule has 6 nitrogen and oxygen atoms in total. The number of benzene rings is 2. The molecule has 0 bridgehead atoms. The molecule has 0 unspecified atom stereocenters. The first-order valence-corrected chi connectivity index (χ1v) is 10.7. The Morgan fingerprint density at radius 3 is 2.13 bits per heavy atom. The quantitative estimate of drug-likeness (QED) is 0.497. The van der Waals surface area contributed by atoms with Crippen molar-refractivity contribution in [3.63, 3.8) is 0 Å². The zero-order valence-corrected chi connectivity index (χ0v) is 18.2. The summed E-state index contributed by atoms with van der Waals surface area (Å²) in [6, 6.07) is 18.7. The number of methoxy groups -OCH3 is 1. The van der Waals surface area contributed by atoms with Gasteiger partial charge in [-0.05, 0) is 55.8 Å². The molecule has 1 fully saturated rings. The summed E-state index contributed by atoms with van der Waals surface area (Å²) in [5, 5.41) is 1.15. The molecule has 2 aromatic heterocycles. The zero-order valence-electron chi connectivity index (χ0n) is 18.2. The molecule has 3 heterocycles. The second-order valence-corrected chi connectivity index (χ2v) is 7.95. The van der Waals surface area contributed by atoms with Gasteiger partial charge in [0, 0.05) is 43.2 Å². The Bertz CT molecular complexity index is 1190. The maximum Gasteiger partial charge on any atom is 0.150 e. The minimum Gasteiger partial charge on any atom is -0.497 e. The van der Waals surface area contributed by atoms with Crippen LogP contribution in [0.5, 0.6) is 5.75 Å². The van der Waals surface area contributed by atoms with Gasteiger partial charge in [-0.1, -0.05) is 18.2 Å². The number of hydrogen-bond acceptors (Lipinski definition) is 5. The van der Waals surface area contributed by atoms with Crippen LogP contribution in [0.1, 0.15) is 11.3 Å². The SMILES string of the molecule is COc1ccc(N2CCN(c3ncnc4c3c(C)c(C)n4-c3ccccc3)CC2)cc1. The van der Waals surface area contributed by atoms with E-state index in [-0.39, 0.29) is 0 Å². The van der Waals surface area contributed by atoms with E-state index in [9.17, 15) is 0 Å². The second kappa shape index (κ2) is 7.95. The van der Waals surface area contributed by atoms with Crippen LogP contribution < -0.4 is 14.5 Å². The highest BCUT2D eigenvalue weighted by Gasteiger charge is 2.24. The Kier molecular flexibility index (Phi) is 4.98. The fourth-order valence-electron chi connectivity index (χ4n) is 4.48. The van der Waals surface area contributed by atoms with E-state index in [1.807, 2.05) is 18.2 Å². The van der Waals surface area contributed by atoms with Crippen LogP contribution >= 0.6 is 0 Å².